The van der Waals surface area contributed by atoms with Crippen molar-refractivity contribution in [2.45, 2.75) is 31.7 Å². The summed E-state index contributed by atoms with van der Waals surface area (Å²) in [7, 11) is 0. The highest BCUT2D eigenvalue weighted by atomic mass is 35.5. The summed E-state index contributed by atoms with van der Waals surface area (Å²) in [6.45, 7) is 4.65. The molecule has 4 heteroatoms. The Morgan fingerprint density at radius 3 is 2.52 bits per heavy atom. The summed E-state index contributed by atoms with van der Waals surface area (Å²) < 4.78 is 0. The van der Waals surface area contributed by atoms with Gasteiger partial charge in [-0.05, 0) is 29.7 Å². The highest BCUT2D eigenvalue weighted by Gasteiger charge is 2.23. The first-order valence-electron chi connectivity index (χ1n) is 7.72. The van der Waals surface area contributed by atoms with E-state index in [1.807, 2.05) is 54.6 Å². The van der Waals surface area contributed by atoms with Gasteiger partial charge in [-0.3, -0.25) is 4.79 Å². The van der Waals surface area contributed by atoms with Crippen molar-refractivity contribution >= 4 is 17.5 Å². The third kappa shape index (κ3) is 5.08. The van der Waals surface area contributed by atoms with Crippen molar-refractivity contribution in [2.75, 3.05) is 6.54 Å². The average Bonchev–Trinajstić information content (AvgIpc) is 2.53. The summed E-state index contributed by atoms with van der Waals surface area (Å²) in [5.74, 6) is -0.135. The topological polar surface area (TPSA) is 55.1 Å². The monoisotopic (exact) mass is 330 g/mol. The van der Waals surface area contributed by atoms with Gasteiger partial charge in [0, 0.05) is 17.0 Å². The molecule has 0 heterocycles. The van der Waals surface area contributed by atoms with E-state index in [0.29, 0.717) is 18.0 Å². The first kappa shape index (κ1) is 17.5. The fourth-order valence-electron chi connectivity index (χ4n) is 2.41. The van der Waals surface area contributed by atoms with E-state index in [1.54, 1.807) is 0 Å². The van der Waals surface area contributed by atoms with Gasteiger partial charge in [0.15, 0.2) is 0 Å². The molecule has 1 amide bonds. The summed E-state index contributed by atoms with van der Waals surface area (Å²) in [5, 5.41) is 3.65. The van der Waals surface area contributed by atoms with E-state index >= 15 is 0 Å². The predicted octanol–water partition coefficient (Wildman–Crippen LogP) is 3.30. The number of nitrogens with two attached hydrogens (primary N) is 1. The van der Waals surface area contributed by atoms with Gasteiger partial charge in [0.05, 0.1) is 6.04 Å². The van der Waals surface area contributed by atoms with Gasteiger partial charge >= 0.3 is 0 Å². The lowest BCUT2D eigenvalue weighted by Gasteiger charge is -2.26. The van der Waals surface area contributed by atoms with Gasteiger partial charge in [-0.2, -0.15) is 0 Å². The molecule has 0 aliphatic rings. The SMILES string of the molecule is CC(C)(CNC(=O)[C@@H](N)Cc1ccccc1)c1cccc(Cl)c1. The molecule has 3 nitrogen and oxygen atoms in total. The highest BCUT2D eigenvalue weighted by Crippen LogP contribution is 2.24. The molecule has 0 unspecified atom stereocenters. The minimum atomic E-state index is -0.549. The molecule has 0 aromatic heterocycles. The van der Waals surface area contributed by atoms with Crippen LogP contribution in [0.3, 0.4) is 0 Å². The zero-order chi connectivity index (χ0) is 16.9. The molecule has 3 N–H and O–H groups in total. The standard InChI is InChI=1S/C19H23ClN2O/c1-19(2,15-9-6-10-16(20)12-15)13-22-18(23)17(21)11-14-7-4-3-5-8-14/h3-10,12,17H,11,13,21H2,1-2H3,(H,22,23)/t17-/m0/s1. The van der Waals surface area contributed by atoms with E-state index in [-0.39, 0.29) is 11.3 Å². The van der Waals surface area contributed by atoms with Gasteiger partial charge in [0.1, 0.15) is 0 Å². The number of amides is 1. The Labute approximate surface area is 142 Å². The summed E-state index contributed by atoms with van der Waals surface area (Å²) >= 11 is 6.05. The number of halogens is 1. The minimum Gasteiger partial charge on any atom is -0.354 e. The Balaban J connectivity index is 1.92. The van der Waals surface area contributed by atoms with Crippen LogP contribution in [0.1, 0.15) is 25.0 Å². The zero-order valence-corrected chi connectivity index (χ0v) is 14.3. The molecule has 0 saturated carbocycles. The molecular formula is C19H23ClN2O. The van der Waals surface area contributed by atoms with Crippen molar-refractivity contribution in [3.63, 3.8) is 0 Å². The molecule has 23 heavy (non-hydrogen) atoms. The Hall–Kier alpha value is -1.84. The van der Waals surface area contributed by atoms with Crippen molar-refractivity contribution in [1.82, 2.24) is 5.32 Å². The quantitative estimate of drug-likeness (QED) is 0.853. The zero-order valence-electron chi connectivity index (χ0n) is 13.6. The second kappa shape index (κ2) is 7.62. The maximum Gasteiger partial charge on any atom is 0.237 e. The summed E-state index contributed by atoms with van der Waals surface area (Å²) in [6, 6.07) is 16.9. The van der Waals surface area contributed by atoms with Crippen molar-refractivity contribution in [3.8, 4) is 0 Å². The smallest absolute Gasteiger partial charge is 0.237 e. The molecule has 0 fully saturated rings. The number of hydrogen-bond donors (Lipinski definition) is 2. The van der Waals surface area contributed by atoms with Gasteiger partial charge in [-0.1, -0.05) is 67.9 Å². The lowest BCUT2D eigenvalue weighted by molar-refractivity contribution is -0.122. The van der Waals surface area contributed by atoms with Gasteiger partial charge < -0.3 is 11.1 Å². The molecule has 0 radical (unpaired) electrons. The van der Waals surface area contributed by atoms with Gasteiger partial charge in [-0.15, -0.1) is 0 Å². The number of carbonyl (C=O) groups excluding carboxylic acids is 1. The lowest BCUT2D eigenvalue weighted by atomic mass is 9.84. The van der Waals surface area contributed by atoms with Crippen molar-refractivity contribution in [3.05, 3.63) is 70.7 Å². The maximum atomic E-state index is 12.2. The molecule has 0 spiro atoms. The number of nitrogens with one attached hydrogen (secondary N) is 1. The Kier molecular flexibility index (Phi) is 5.80. The lowest BCUT2D eigenvalue weighted by Crippen LogP contribution is -2.46. The number of hydrogen-bond acceptors (Lipinski definition) is 2. The second-order valence-electron chi connectivity index (χ2n) is 6.41. The highest BCUT2D eigenvalue weighted by molar-refractivity contribution is 6.30. The van der Waals surface area contributed by atoms with Crippen LogP contribution in [0.15, 0.2) is 54.6 Å². The molecule has 2 aromatic rings. The third-order valence-corrected chi connectivity index (χ3v) is 4.18. The van der Waals surface area contributed by atoms with Crippen LogP contribution in [-0.4, -0.2) is 18.5 Å². The molecule has 0 aliphatic carbocycles. The second-order valence-corrected chi connectivity index (χ2v) is 6.84. The number of carbonyl (C=O) groups is 1. The molecule has 2 rings (SSSR count). The van der Waals surface area contributed by atoms with E-state index < -0.39 is 6.04 Å². The van der Waals surface area contributed by atoms with Crippen LogP contribution < -0.4 is 11.1 Å². The van der Waals surface area contributed by atoms with Crippen LogP contribution >= 0.6 is 11.6 Å². The Bertz CT molecular complexity index is 655. The van der Waals surface area contributed by atoms with E-state index in [2.05, 4.69) is 19.2 Å². The van der Waals surface area contributed by atoms with Crippen molar-refractivity contribution in [1.29, 1.82) is 0 Å². The molecule has 1 atom stereocenters. The summed E-state index contributed by atoms with van der Waals surface area (Å²) in [6.07, 6.45) is 0.532. The average molecular weight is 331 g/mol. The van der Waals surface area contributed by atoms with E-state index in [9.17, 15) is 4.79 Å². The van der Waals surface area contributed by atoms with Gasteiger partial charge in [0.25, 0.3) is 0 Å². The summed E-state index contributed by atoms with van der Waals surface area (Å²) in [5.41, 5.74) is 7.94. The fourth-order valence-corrected chi connectivity index (χ4v) is 2.60. The van der Waals surface area contributed by atoms with Crippen molar-refractivity contribution < 1.29 is 4.79 Å². The van der Waals surface area contributed by atoms with Crippen LogP contribution in [0.25, 0.3) is 0 Å². The predicted molar refractivity (Wildman–Crippen MR) is 95.6 cm³/mol. The van der Waals surface area contributed by atoms with E-state index in [4.69, 9.17) is 17.3 Å². The number of benzene rings is 2. The van der Waals surface area contributed by atoms with E-state index in [0.717, 1.165) is 11.1 Å². The van der Waals surface area contributed by atoms with Crippen LogP contribution in [0, 0.1) is 0 Å². The molecule has 0 saturated heterocycles. The van der Waals surface area contributed by atoms with E-state index in [1.165, 1.54) is 0 Å². The molecule has 2 aromatic carbocycles. The number of rotatable bonds is 6. The maximum absolute atomic E-state index is 12.2. The first-order chi connectivity index (χ1) is 10.9. The molecule has 0 bridgehead atoms. The van der Waals surface area contributed by atoms with Crippen LogP contribution in [0.4, 0.5) is 0 Å². The van der Waals surface area contributed by atoms with Crippen LogP contribution in [-0.2, 0) is 16.6 Å². The minimum absolute atomic E-state index is 0.135. The largest absolute Gasteiger partial charge is 0.354 e. The third-order valence-electron chi connectivity index (χ3n) is 3.95. The summed E-state index contributed by atoms with van der Waals surface area (Å²) in [4.78, 5) is 12.2. The van der Waals surface area contributed by atoms with Crippen molar-refractivity contribution in [2.24, 2.45) is 5.73 Å². The van der Waals surface area contributed by atoms with Gasteiger partial charge in [-0.25, -0.2) is 0 Å². The molecule has 122 valence electrons. The first-order valence-corrected chi connectivity index (χ1v) is 8.09. The normalized spacial score (nSPS) is 12.7. The Morgan fingerprint density at radius 1 is 1.17 bits per heavy atom. The van der Waals surface area contributed by atoms with Crippen LogP contribution in [0.5, 0.6) is 0 Å². The molecular weight excluding hydrogens is 308 g/mol. The van der Waals surface area contributed by atoms with Gasteiger partial charge in [0.2, 0.25) is 5.91 Å². The molecule has 0 aliphatic heterocycles. The van der Waals surface area contributed by atoms with Crippen LogP contribution in [0.2, 0.25) is 5.02 Å². The fraction of sp³-hybridized carbons (Fsp3) is 0.316. The Morgan fingerprint density at radius 2 is 1.87 bits per heavy atom.